The first-order chi connectivity index (χ1) is 7.73. The Morgan fingerprint density at radius 2 is 1.71 bits per heavy atom. The van der Waals surface area contributed by atoms with Crippen LogP contribution in [-0.2, 0) is 0 Å². The van der Waals surface area contributed by atoms with E-state index >= 15 is 0 Å². The topological polar surface area (TPSA) is 40.5 Å². The smallest absolute Gasteiger partial charge is 0.335 e. The fourth-order valence-electron chi connectivity index (χ4n) is 1.64. The van der Waals surface area contributed by atoms with Gasteiger partial charge in [-0.05, 0) is 36.6 Å². The Hall–Kier alpha value is -1.51. The molecule has 0 aliphatic heterocycles. The zero-order chi connectivity index (χ0) is 13.2. The van der Waals surface area contributed by atoms with E-state index in [1.807, 2.05) is 19.2 Å². The van der Waals surface area contributed by atoms with Gasteiger partial charge >= 0.3 is 5.97 Å². The summed E-state index contributed by atoms with van der Waals surface area (Å²) < 4.78 is 0. The first kappa shape index (κ1) is 13.6. The summed E-state index contributed by atoms with van der Waals surface area (Å²) in [7, 11) is 2.03. The Labute approximate surface area is 103 Å². The zero-order valence-corrected chi connectivity index (χ0v) is 11.2. The molecule has 0 aromatic heterocycles. The van der Waals surface area contributed by atoms with Crippen molar-refractivity contribution in [3.05, 3.63) is 29.8 Å². The van der Waals surface area contributed by atoms with Gasteiger partial charge in [-0.25, -0.2) is 4.79 Å². The highest BCUT2D eigenvalue weighted by Crippen LogP contribution is 2.27. The summed E-state index contributed by atoms with van der Waals surface area (Å²) in [5.74, 6) is -0.886. The lowest BCUT2D eigenvalue weighted by Gasteiger charge is -2.36. The number of anilines is 1. The third-order valence-electron chi connectivity index (χ3n) is 3.36. The molecule has 1 aromatic carbocycles. The standard InChI is InChI=1S/C14H21NO2/c1-10(14(2,3)4)15(5)12-8-6-11(7-9-12)13(16)17/h6-10H,1-5H3,(H,16,17). The first-order valence-electron chi connectivity index (χ1n) is 5.79. The molecular formula is C14H21NO2. The highest BCUT2D eigenvalue weighted by atomic mass is 16.4. The van der Waals surface area contributed by atoms with Crippen molar-refractivity contribution in [3.8, 4) is 0 Å². The van der Waals surface area contributed by atoms with Crippen LogP contribution in [0.3, 0.4) is 0 Å². The van der Waals surface area contributed by atoms with Crippen molar-refractivity contribution < 1.29 is 9.90 Å². The zero-order valence-electron chi connectivity index (χ0n) is 11.2. The molecule has 0 aliphatic carbocycles. The van der Waals surface area contributed by atoms with E-state index in [0.29, 0.717) is 11.6 Å². The van der Waals surface area contributed by atoms with Crippen molar-refractivity contribution in [1.82, 2.24) is 0 Å². The van der Waals surface area contributed by atoms with Crippen LogP contribution in [0.4, 0.5) is 5.69 Å². The molecule has 17 heavy (non-hydrogen) atoms. The SMILES string of the molecule is CC(N(C)c1ccc(C(=O)O)cc1)C(C)(C)C. The lowest BCUT2D eigenvalue weighted by molar-refractivity contribution is 0.0697. The first-order valence-corrected chi connectivity index (χ1v) is 5.79. The predicted octanol–water partition coefficient (Wildman–Crippen LogP) is 3.26. The summed E-state index contributed by atoms with van der Waals surface area (Å²) in [6.45, 7) is 8.75. The molecule has 1 atom stereocenters. The summed E-state index contributed by atoms with van der Waals surface area (Å²) in [6.07, 6.45) is 0. The molecule has 1 rings (SSSR count). The molecular weight excluding hydrogens is 214 g/mol. The van der Waals surface area contributed by atoms with Gasteiger partial charge in [0.15, 0.2) is 0 Å². The number of aromatic carboxylic acids is 1. The molecule has 0 amide bonds. The minimum Gasteiger partial charge on any atom is -0.478 e. The van der Waals surface area contributed by atoms with Crippen molar-refractivity contribution in [3.63, 3.8) is 0 Å². The van der Waals surface area contributed by atoms with Gasteiger partial charge in [-0.2, -0.15) is 0 Å². The van der Waals surface area contributed by atoms with Gasteiger partial charge in [0, 0.05) is 18.8 Å². The molecule has 0 radical (unpaired) electrons. The van der Waals surface area contributed by atoms with Gasteiger partial charge in [0.2, 0.25) is 0 Å². The van der Waals surface area contributed by atoms with Crippen molar-refractivity contribution in [2.24, 2.45) is 5.41 Å². The van der Waals surface area contributed by atoms with Crippen LogP contribution in [0.5, 0.6) is 0 Å². The minimum atomic E-state index is -0.886. The van der Waals surface area contributed by atoms with Crippen LogP contribution in [0.15, 0.2) is 24.3 Å². The molecule has 0 aliphatic rings. The second-order valence-corrected chi connectivity index (χ2v) is 5.50. The maximum absolute atomic E-state index is 10.8. The molecule has 0 fully saturated rings. The fraction of sp³-hybridized carbons (Fsp3) is 0.500. The van der Waals surface area contributed by atoms with Crippen molar-refractivity contribution >= 4 is 11.7 Å². The molecule has 1 N–H and O–H groups in total. The summed E-state index contributed by atoms with van der Waals surface area (Å²) in [5.41, 5.74) is 1.54. The van der Waals surface area contributed by atoms with Gasteiger partial charge in [-0.1, -0.05) is 20.8 Å². The summed E-state index contributed by atoms with van der Waals surface area (Å²) in [4.78, 5) is 12.9. The molecule has 0 spiro atoms. The average Bonchev–Trinajstić information content (AvgIpc) is 2.26. The van der Waals surface area contributed by atoms with E-state index in [4.69, 9.17) is 5.11 Å². The highest BCUT2D eigenvalue weighted by molar-refractivity contribution is 5.88. The maximum Gasteiger partial charge on any atom is 0.335 e. The van der Waals surface area contributed by atoms with Crippen LogP contribution in [0.2, 0.25) is 0 Å². The number of carboxylic acids is 1. The Morgan fingerprint density at radius 3 is 2.06 bits per heavy atom. The Bertz CT molecular complexity index is 390. The van der Waals surface area contributed by atoms with E-state index in [1.165, 1.54) is 0 Å². The molecule has 1 unspecified atom stereocenters. The normalized spacial score (nSPS) is 13.2. The van der Waals surface area contributed by atoms with Crippen LogP contribution in [0.1, 0.15) is 38.1 Å². The predicted molar refractivity (Wildman–Crippen MR) is 70.7 cm³/mol. The van der Waals surface area contributed by atoms with Gasteiger partial charge in [0.1, 0.15) is 0 Å². The molecule has 1 aromatic rings. The van der Waals surface area contributed by atoms with Crippen molar-refractivity contribution in [2.45, 2.75) is 33.7 Å². The van der Waals surface area contributed by atoms with Crippen LogP contribution in [0.25, 0.3) is 0 Å². The van der Waals surface area contributed by atoms with E-state index in [2.05, 4.69) is 32.6 Å². The monoisotopic (exact) mass is 235 g/mol. The van der Waals surface area contributed by atoms with Crippen LogP contribution in [0, 0.1) is 5.41 Å². The van der Waals surface area contributed by atoms with Gasteiger partial charge in [-0.3, -0.25) is 0 Å². The summed E-state index contributed by atoms with van der Waals surface area (Å²) in [5, 5.41) is 8.84. The second kappa shape index (κ2) is 4.78. The van der Waals surface area contributed by atoms with Crippen LogP contribution < -0.4 is 4.90 Å². The molecule has 0 bridgehead atoms. The van der Waals surface area contributed by atoms with E-state index in [-0.39, 0.29) is 5.41 Å². The quantitative estimate of drug-likeness (QED) is 0.874. The largest absolute Gasteiger partial charge is 0.478 e. The lowest BCUT2D eigenvalue weighted by atomic mass is 9.87. The maximum atomic E-state index is 10.8. The number of hydrogen-bond acceptors (Lipinski definition) is 2. The Balaban J connectivity index is 2.90. The average molecular weight is 235 g/mol. The van der Waals surface area contributed by atoms with Crippen LogP contribution >= 0.6 is 0 Å². The van der Waals surface area contributed by atoms with Gasteiger partial charge < -0.3 is 10.0 Å². The minimum absolute atomic E-state index is 0.181. The molecule has 0 saturated carbocycles. The van der Waals surface area contributed by atoms with Gasteiger partial charge in [0.05, 0.1) is 5.56 Å². The second-order valence-electron chi connectivity index (χ2n) is 5.50. The number of hydrogen-bond donors (Lipinski definition) is 1. The van der Waals surface area contributed by atoms with Crippen LogP contribution in [-0.4, -0.2) is 24.2 Å². The number of rotatable bonds is 3. The van der Waals surface area contributed by atoms with Crippen molar-refractivity contribution in [2.75, 3.05) is 11.9 Å². The van der Waals surface area contributed by atoms with Crippen molar-refractivity contribution in [1.29, 1.82) is 0 Å². The van der Waals surface area contributed by atoms with E-state index in [9.17, 15) is 4.79 Å². The third-order valence-corrected chi connectivity index (χ3v) is 3.36. The summed E-state index contributed by atoms with van der Waals surface area (Å²) in [6, 6.07) is 7.36. The fourth-order valence-corrected chi connectivity index (χ4v) is 1.64. The van der Waals surface area contributed by atoms with Gasteiger partial charge in [0.25, 0.3) is 0 Å². The highest BCUT2D eigenvalue weighted by Gasteiger charge is 2.24. The van der Waals surface area contributed by atoms with E-state index < -0.39 is 5.97 Å². The summed E-state index contributed by atoms with van der Waals surface area (Å²) >= 11 is 0. The number of carboxylic acid groups (broad SMARTS) is 1. The molecule has 3 heteroatoms. The number of benzene rings is 1. The number of nitrogens with zero attached hydrogens (tertiary/aromatic N) is 1. The molecule has 0 saturated heterocycles. The molecule has 0 heterocycles. The van der Waals surface area contributed by atoms with E-state index in [1.54, 1.807) is 12.1 Å². The van der Waals surface area contributed by atoms with Gasteiger partial charge in [-0.15, -0.1) is 0 Å². The Morgan fingerprint density at radius 1 is 1.24 bits per heavy atom. The third kappa shape index (κ3) is 3.22. The number of carbonyl (C=O) groups is 1. The molecule has 3 nitrogen and oxygen atoms in total. The Kier molecular flexibility index (Phi) is 3.81. The lowest BCUT2D eigenvalue weighted by Crippen LogP contribution is -2.39. The molecule has 94 valence electrons. The van der Waals surface area contributed by atoms with E-state index in [0.717, 1.165) is 5.69 Å².